The summed E-state index contributed by atoms with van der Waals surface area (Å²) in [4.78, 5) is 15.5. The van der Waals surface area contributed by atoms with Crippen molar-refractivity contribution in [3.05, 3.63) is 29.6 Å². The van der Waals surface area contributed by atoms with Gasteiger partial charge in [-0.15, -0.1) is 0 Å². The van der Waals surface area contributed by atoms with Crippen LogP contribution in [0.25, 0.3) is 11.0 Å². The second-order valence-corrected chi connectivity index (χ2v) is 7.68. The molecule has 1 fully saturated rings. The number of benzene rings is 1. The number of carboxylic acid groups (broad SMARTS) is 1. The van der Waals surface area contributed by atoms with Crippen molar-refractivity contribution in [2.24, 2.45) is 0 Å². The van der Waals surface area contributed by atoms with Gasteiger partial charge in [-0.3, -0.25) is 0 Å². The van der Waals surface area contributed by atoms with E-state index in [1.165, 1.54) is 6.07 Å². The van der Waals surface area contributed by atoms with Crippen molar-refractivity contribution < 1.29 is 18.3 Å². The zero-order chi connectivity index (χ0) is 15.2. The molecule has 1 saturated heterocycles. The number of carboxylic acids is 1. The standard InChI is InChI=1S/C14H16N2O4S/c1-9-15-12-5-4-10(14(17)18)7-13(12)16(9)11-3-2-6-21(19,20)8-11/h4-5,7,11H,2-3,6,8H2,1H3,(H,17,18). The molecule has 1 N–H and O–H groups in total. The molecule has 2 heterocycles. The fourth-order valence-corrected chi connectivity index (χ4v) is 4.68. The number of fused-ring (bicyclic) bond motifs is 1. The summed E-state index contributed by atoms with van der Waals surface area (Å²) in [7, 11) is -3.03. The van der Waals surface area contributed by atoms with Crippen LogP contribution in [0.15, 0.2) is 18.2 Å². The molecule has 3 rings (SSSR count). The molecule has 7 heteroatoms. The molecular formula is C14H16N2O4S. The van der Waals surface area contributed by atoms with Crippen LogP contribution < -0.4 is 0 Å². The molecule has 1 unspecified atom stereocenters. The van der Waals surface area contributed by atoms with Crippen molar-refractivity contribution >= 4 is 26.8 Å². The summed E-state index contributed by atoms with van der Waals surface area (Å²) in [5.74, 6) is 0.0415. The smallest absolute Gasteiger partial charge is 0.335 e. The molecule has 0 saturated carbocycles. The number of carbonyl (C=O) groups is 1. The Balaban J connectivity index is 2.14. The fourth-order valence-electron chi connectivity index (χ4n) is 3.01. The zero-order valence-corrected chi connectivity index (χ0v) is 12.4. The summed E-state index contributed by atoms with van der Waals surface area (Å²) in [6.07, 6.45) is 1.40. The molecule has 0 amide bonds. The lowest BCUT2D eigenvalue weighted by atomic mass is 10.1. The third-order valence-corrected chi connectivity index (χ3v) is 5.72. The van der Waals surface area contributed by atoms with E-state index >= 15 is 0 Å². The predicted octanol–water partition coefficient (Wildman–Crippen LogP) is 1.79. The molecule has 2 aromatic rings. The highest BCUT2D eigenvalue weighted by Crippen LogP contribution is 2.29. The number of hydrogen-bond donors (Lipinski definition) is 1. The molecule has 0 spiro atoms. The minimum Gasteiger partial charge on any atom is -0.478 e. The lowest BCUT2D eigenvalue weighted by molar-refractivity contribution is 0.0697. The van der Waals surface area contributed by atoms with Crippen LogP contribution in [0.2, 0.25) is 0 Å². The van der Waals surface area contributed by atoms with Gasteiger partial charge in [-0.05, 0) is 38.0 Å². The van der Waals surface area contributed by atoms with Crippen LogP contribution in [-0.2, 0) is 9.84 Å². The van der Waals surface area contributed by atoms with Gasteiger partial charge < -0.3 is 9.67 Å². The minimum atomic E-state index is -3.03. The Labute approximate surface area is 122 Å². The molecule has 1 atom stereocenters. The summed E-state index contributed by atoms with van der Waals surface area (Å²) >= 11 is 0. The van der Waals surface area contributed by atoms with E-state index in [1.807, 2.05) is 11.5 Å². The van der Waals surface area contributed by atoms with E-state index in [2.05, 4.69) is 4.98 Å². The average Bonchev–Trinajstić information content (AvgIpc) is 2.72. The highest BCUT2D eigenvalue weighted by atomic mass is 32.2. The number of sulfone groups is 1. The van der Waals surface area contributed by atoms with Crippen molar-refractivity contribution in [2.45, 2.75) is 25.8 Å². The maximum atomic E-state index is 11.9. The number of aromatic carboxylic acids is 1. The fraction of sp³-hybridized carbons (Fsp3) is 0.429. The number of aromatic nitrogens is 2. The zero-order valence-electron chi connectivity index (χ0n) is 11.6. The Morgan fingerprint density at radius 1 is 1.43 bits per heavy atom. The third kappa shape index (κ3) is 2.53. The summed E-state index contributed by atoms with van der Waals surface area (Å²) in [5, 5.41) is 9.11. The van der Waals surface area contributed by atoms with E-state index < -0.39 is 15.8 Å². The molecule has 6 nitrogen and oxygen atoms in total. The van der Waals surface area contributed by atoms with E-state index in [-0.39, 0.29) is 23.1 Å². The molecule has 21 heavy (non-hydrogen) atoms. The van der Waals surface area contributed by atoms with E-state index in [9.17, 15) is 13.2 Å². The second-order valence-electron chi connectivity index (χ2n) is 5.45. The lowest BCUT2D eigenvalue weighted by Gasteiger charge is -2.25. The van der Waals surface area contributed by atoms with Crippen LogP contribution in [0, 0.1) is 6.92 Å². The van der Waals surface area contributed by atoms with Gasteiger partial charge in [0.2, 0.25) is 0 Å². The number of rotatable bonds is 2. The monoisotopic (exact) mass is 308 g/mol. The number of hydrogen-bond acceptors (Lipinski definition) is 4. The molecular weight excluding hydrogens is 292 g/mol. The minimum absolute atomic E-state index is 0.0938. The maximum absolute atomic E-state index is 11.9. The second kappa shape index (κ2) is 4.84. The Kier molecular flexibility index (Phi) is 3.24. The normalized spacial score (nSPS) is 21.5. The van der Waals surface area contributed by atoms with Crippen LogP contribution in [0.3, 0.4) is 0 Å². The largest absolute Gasteiger partial charge is 0.478 e. The van der Waals surface area contributed by atoms with Gasteiger partial charge in [0.25, 0.3) is 0 Å². The SMILES string of the molecule is Cc1nc2ccc(C(=O)O)cc2n1C1CCCS(=O)(=O)C1. The van der Waals surface area contributed by atoms with Gasteiger partial charge in [0.1, 0.15) is 5.82 Å². The average molecular weight is 308 g/mol. The first kappa shape index (κ1) is 14.1. The van der Waals surface area contributed by atoms with Crippen molar-refractivity contribution in [3.8, 4) is 0 Å². The summed E-state index contributed by atoms with van der Waals surface area (Å²) in [6.45, 7) is 1.82. The van der Waals surface area contributed by atoms with Gasteiger partial charge in [-0.1, -0.05) is 0 Å². The lowest BCUT2D eigenvalue weighted by Crippen LogP contribution is -2.28. The van der Waals surface area contributed by atoms with Gasteiger partial charge in [-0.2, -0.15) is 0 Å². The van der Waals surface area contributed by atoms with Crippen molar-refractivity contribution in [2.75, 3.05) is 11.5 Å². The van der Waals surface area contributed by atoms with E-state index in [1.54, 1.807) is 12.1 Å². The van der Waals surface area contributed by atoms with E-state index in [0.717, 1.165) is 12.2 Å². The van der Waals surface area contributed by atoms with Crippen LogP contribution in [0.4, 0.5) is 0 Å². The van der Waals surface area contributed by atoms with Gasteiger partial charge in [0, 0.05) is 6.04 Å². The van der Waals surface area contributed by atoms with Crippen LogP contribution >= 0.6 is 0 Å². The Morgan fingerprint density at radius 2 is 2.19 bits per heavy atom. The molecule has 0 radical (unpaired) electrons. The topological polar surface area (TPSA) is 89.3 Å². The Morgan fingerprint density at radius 3 is 2.86 bits per heavy atom. The first-order valence-electron chi connectivity index (χ1n) is 6.80. The van der Waals surface area contributed by atoms with Crippen LogP contribution in [0.5, 0.6) is 0 Å². The first-order valence-corrected chi connectivity index (χ1v) is 8.62. The summed E-state index contributed by atoms with van der Waals surface area (Å²) in [5.41, 5.74) is 1.57. The van der Waals surface area contributed by atoms with Gasteiger partial charge in [0.05, 0.1) is 28.1 Å². The van der Waals surface area contributed by atoms with Gasteiger partial charge in [0.15, 0.2) is 9.84 Å². The molecule has 0 bridgehead atoms. The van der Waals surface area contributed by atoms with E-state index in [4.69, 9.17) is 5.11 Å². The van der Waals surface area contributed by atoms with Gasteiger partial charge in [-0.25, -0.2) is 18.2 Å². The van der Waals surface area contributed by atoms with E-state index in [0.29, 0.717) is 17.5 Å². The molecule has 112 valence electrons. The van der Waals surface area contributed by atoms with Gasteiger partial charge >= 0.3 is 5.97 Å². The van der Waals surface area contributed by atoms with Crippen molar-refractivity contribution in [1.82, 2.24) is 9.55 Å². The maximum Gasteiger partial charge on any atom is 0.335 e. The first-order chi connectivity index (χ1) is 9.87. The van der Waals surface area contributed by atoms with Crippen LogP contribution in [-0.4, -0.2) is 40.6 Å². The molecule has 1 aliphatic heterocycles. The Bertz CT molecular complexity index is 823. The molecule has 0 aliphatic carbocycles. The number of imidazole rings is 1. The summed E-state index contributed by atoms with van der Waals surface area (Å²) in [6, 6.07) is 4.58. The Hall–Kier alpha value is -1.89. The molecule has 1 aliphatic rings. The van der Waals surface area contributed by atoms with Crippen molar-refractivity contribution in [1.29, 1.82) is 0 Å². The highest BCUT2D eigenvalue weighted by Gasteiger charge is 2.28. The number of aryl methyl sites for hydroxylation is 1. The van der Waals surface area contributed by atoms with Crippen LogP contribution in [0.1, 0.15) is 35.1 Å². The predicted molar refractivity (Wildman–Crippen MR) is 78.4 cm³/mol. The molecule has 1 aromatic heterocycles. The molecule has 1 aromatic carbocycles. The quantitative estimate of drug-likeness (QED) is 0.913. The third-order valence-electron chi connectivity index (χ3n) is 3.92. The highest BCUT2D eigenvalue weighted by molar-refractivity contribution is 7.91. The van der Waals surface area contributed by atoms with Crippen molar-refractivity contribution in [3.63, 3.8) is 0 Å². The summed E-state index contributed by atoms with van der Waals surface area (Å²) < 4.78 is 25.6. The number of nitrogens with zero attached hydrogens (tertiary/aromatic N) is 2.